The van der Waals surface area contributed by atoms with Crippen molar-refractivity contribution in [2.24, 2.45) is 4.40 Å². The van der Waals surface area contributed by atoms with E-state index in [9.17, 15) is 8.42 Å². The van der Waals surface area contributed by atoms with Crippen molar-refractivity contribution in [3.05, 3.63) is 53.6 Å². The Balaban J connectivity index is 1.92. The van der Waals surface area contributed by atoms with Crippen LogP contribution in [0.5, 0.6) is 11.5 Å². The van der Waals surface area contributed by atoms with Crippen molar-refractivity contribution in [2.45, 2.75) is 11.8 Å². The van der Waals surface area contributed by atoms with Gasteiger partial charge in [-0.15, -0.1) is 0 Å². The minimum atomic E-state index is -3.72. The molecule has 2 aromatic carbocycles. The van der Waals surface area contributed by atoms with Crippen molar-refractivity contribution in [1.82, 2.24) is 0 Å². The fraction of sp³-hybridized carbons (Fsp3) is 0.133. The van der Waals surface area contributed by atoms with Crippen LogP contribution in [0.2, 0.25) is 0 Å². The minimum Gasteiger partial charge on any atom is -0.454 e. The third kappa shape index (κ3) is 2.75. The highest BCUT2D eigenvalue weighted by atomic mass is 32.2. The molecule has 21 heavy (non-hydrogen) atoms. The molecule has 1 aliphatic rings. The highest BCUT2D eigenvalue weighted by molar-refractivity contribution is 7.90. The van der Waals surface area contributed by atoms with E-state index in [0.29, 0.717) is 17.1 Å². The average molecular weight is 303 g/mol. The van der Waals surface area contributed by atoms with Crippen molar-refractivity contribution >= 4 is 16.2 Å². The number of nitrogens with zero attached hydrogens (tertiary/aromatic N) is 1. The SMILES string of the molecule is Cc1ccc(S(=O)(=O)/N=C/c2cccc3c2OCO3)cc1. The lowest BCUT2D eigenvalue weighted by Gasteiger charge is -2.01. The van der Waals surface area contributed by atoms with Gasteiger partial charge < -0.3 is 9.47 Å². The Morgan fingerprint density at radius 1 is 1.10 bits per heavy atom. The fourth-order valence-corrected chi connectivity index (χ4v) is 2.81. The van der Waals surface area contributed by atoms with E-state index in [4.69, 9.17) is 9.47 Å². The summed E-state index contributed by atoms with van der Waals surface area (Å²) < 4.78 is 38.6. The van der Waals surface area contributed by atoms with E-state index in [0.717, 1.165) is 5.56 Å². The summed E-state index contributed by atoms with van der Waals surface area (Å²) in [6.45, 7) is 2.02. The number of hydrogen-bond donors (Lipinski definition) is 0. The third-order valence-electron chi connectivity index (χ3n) is 3.08. The van der Waals surface area contributed by atoms with Gasteiger partial charge in [0, 0.05) is 5.56 Å². The predicted octanol–water partition coefficient (Wildman–Crippen LogP) is 2.53. The number of hydrogen-bond acceptors (Lipinski definition) is 4. The van der Waals surface area contributed by atoms with Gasteiger partial charge in [-0.1, -0.05) is 23.8 Å². The summed E-state index contributed by atoms with van der Waals surface area (Å²) in [4.78, 5) is 0.161. The summed E-state index contributed by atoms with van der Waals surface area (Å²) in [5.74, 6) is 1.10. The van der Waals surface area contributed by atoms with E-state index in [2.05, 4.69) is 4.40 Å². The van der Waals surface area contributed by atoms with E-state index >= 15 is 0 Å². The summed E-state index contributed by atoms with van der Waals surface area (Å²) in [6.07, 6.45) is 1.28. The van der Waals surface area contributed by atoms with Crippen LogP contribution in [0.25, 0.3) is 0 Å². The molecule has 6 heteroatoms. The zero-order valence-corrected chi connectivity index (χ0v) is 12.1. The largest absolute Gasteiger partial charge is 0.454 e. The van der Waals surface area contributed by atoms with Gasteiger partial charge >= 0.3 is 0 Å². The Hall–Kier alpha value is -2.34. The number of aryl methyl sites for hydroxylation is 1. The zero-order valence-electron chi connectivity index (χ0n) is 11.3. The molecule has 0 spiro atoms. The van der Waals surface area contributed by atoms with Crippen LogP contribution in [0.3, 0.4) is 0 Å². The van der Waals surface area contributed by atoms with Crippen LogP contribution in [0, 0.1) is 6.92 Å². The van der Waals surface area contributed by atoms with Crippen LogP contribution in [-0.4, -0.2) is 21.4 Å². The van der Waals surface area contributed by atoms with E-state index in [-0.39, 0.29) is 11.7 Å². The second-order valence-corrected chi connectivity index (χ2v) is 6.24. The molecule has 1 heterocycles. The molecule has 0 amide bonds. The molecular weight excluding hydrogens is 290 g/mol. The number of para-hydroxylation sites is 1. The van der Waals surface area contributed by atoms with E-state index in [1.165, 1.54) is 18.3 Å². The molecule has 108 valence electrons. The van der Waals surface area contributed by atoms with E-state index in [1.54, 1.807) is 30.3 Å². The smallest absolute Gasteiger partial charge is 0.282 e. The van der Waals surface area contributed by atoms with Gasteiger partial charge in [0.15, 0.2) is 11.5 Å². The molecule has 3 rings (SSSR count). The van der Waals surface area contributed by atoms with Gasteiger partial charge in [0.25, 0.3) is 10.0 Å². The lowest BCUT2D eigenvalue weighted by atomic mass is 10.2. The zero-order chi connectivity index (χ0) is 14.9. The minimum absolute atomic E-state index is 0.130. The van der Waals surface area contributed by atoms with E-state index < -0.39 is 10.0 Å². The first-order valence-electron chi connectivity index (χ1n) is 6.32. The molecular formula is C15H13NO4S. The van der Waals surface area contributed by atoms with Crippen molar-refractivity contribution in [2.75, 3.05) is 6.79 Å². The second kappa shape index (κ2) is 5.21. The lowest BCUT2D eigenvalue weighted by Crippen LogP contribution is -1.98. The summed E-state index contributed by atoms with van der Waals surface area (Å²) >= 11 is 0. The second-order valence-electron chi connectivity index (χ2n) is 4.60. The van der Waals surface area contributed by atoms with Crippen LogP contribution in [0.15, 0.2) is 51.8 Å². The molecule has 0 atom stereocenters. The maximum Gasteiger partial charge on any atom is 0.282 e. The van der Waals surface area contributed by atoms with Crippen molar-refractivity contribution < 1.29 is 17.9 Å². The Kier molecular flexibility index (Phi) is 3.39. The molecule has 2 aromatic rings. The first-order chi connectivity index (χ1) is 10.1. The number of benzene rings is 2. The molecule has 1 aliphatic heterocycles. The summed E-state index contributed by atoms with van der Waals surface area (Å²) in [5.41, 5.74) is 1.56. The van der Waals surface area contributed by atoms with Crippen molar-refractivity contribution in [3.8, 4) is 11.5 Å². The Labute approximate surface area is 122 Å². The molecule has 0 saturated carbocycles. The standard InChI is InChI=1S/C15H13NO4S/c1-11-5-7-13(8-6-11)21(17,18)16-9-12-3-2-4-14-15(12)20-10-19-14/h2-9H,10H2,1H3/b16-9+. The number of sulfonamides is 1. The molecule has 5 nitrogen and oxygen atoms in total. The first kappa shape index (κ1) is 13.6. The molecule has 0 saturated heterocycles. The summed E-state index contributed by atoms with van der Waals surface area (Å²) in [7, 11) is -3.72. The Morgan fingerprint density at radius 2 is 1.86 bits per heavy atom. The van der Waals surface area contributed by atoms with Crippen molar-refractivity contribution in [1.29, 1.82) is 0 Å². The van der Waals surface area contributed by atoms with Crippen LogP contribution in [0.1, 0.15) is 11.1 Å². The topological polar surface area (TPSA) is 65.0 Å². The number of ether oxygens (including phenoxy) is 2. The van der Waals surface area contributed by atoms with Gasteiger partial charge in [-0.25, -0.2) is 0 Å². The van der Waals surface area contributed by atoms with Crippen LogP contribution >= 0.6 is 0 Å². The van der Waals surface area contributed by atoms with Crippen LogP contribution in [-0.2, 0) is 10.0 Å². The predicted molar refractivity (Wildman–Crippen MR) is 78.5 cm³/mol. The number of fused-ring (bicyclic) bond motifs is 1. The fourth-order valence-electron chi connectivity index (χ4n) is 1.95. The molecule has 0 bridgehead atoms. The highest BCUT2D eigenvalue weighted by Gasteiger charge is 2.17. The molecule has 0 unspecified atom stereocenters. The molecule has 0 fully saturated rings. The van der Waals surface area contributed by atoms with Crippen LogP contribution in [0.4, 0.5) is 0 Å². The monoisotopic (exact) mass is 303 g/mol. The van der Waals surface area contributed by atoms with Crippen LogP contribution < -0.4 is 9.47 Å². The normalized spacial score (nSPS) is 13.8. The third-order valence-corrected chi connectivity index (χ3v) is 4.33. The summed E-state index contributed by atoms with van der Waals surface area (Å²) in [5, 5.41) is 0. The van der Waals surface area contributed by atoms with Gasteiger partial charge in [-0.3, -0.25) is 0 Å². The first-order valence-corrected chi connectivity index (χ1v) is 7.76. The quantitative estimate of drug-likeness (QED) is 0.817. The highest BCUT2D eigenvalue weighted by Crippen LogP contribution is 2.34. The maximum absolute atomic E-state index is 12.1. The van der Waals surface area contributed by atoms with E-state index in [1.807, 2.05) is 6.92 Å². The maximum atomic E-state index is 12.1. The number of rotatable bonds is 3. The van der Waals surface area contributed by atoms with Gasteiger partial charge in [0.05, 0.1) is 11.1 Å². The summed E-state index contributed by atoms with van der Waals surface area (Å²) in [6, 6.07) is 11.8. The Bertz CT molecular complexity index is 795. The van der Waals surface area contributed by atoms with Gasteiger partial charge in [-0.05, 0) is 31.2 Å². The van der Waals surface area contributed by atoms with Gasteiger partial charge in [0.2, 0.25) is 6.79 Å². The molecule has 0 aromatic heterocycles. The Morgan fingerprint density at radius 3 is 2.62 bits per heavy atom. The molecule has 0 N–H and O–H groups in total. The van der Waals surface area contributed by atoms with Crippen molar-refractivity contribution in [3.63, 3.8) is 0 Å². The molecule has 0 aliphatic carbocycles. The lowest BCUT2D eigenvalue weighted by molar-refractivity contribution is 0.174. The van der Waals surface area contributed by atoms with Gasteiger partial charge in [-0.2, -0.15) is 12.8 Å². The molecule has 0 radical (unpaired) electrons. The average Bonchev–Trinajstić information content (AvgIpc) is 2.94. The van der Waals surface area contributed by atoms with Gasteiger partial charge in [0.1, 0.15) is 0 Å².